The summed E-state index contributed by atoms with van der Waals surface area (Å²) in [5, 5.41) is 7.42. The molecule has 1 aliphatic rings. The fraction of sp³-hybridized carbons (Fsp3) is 0.233. The normalized spacial score (nSPS) is 12.7. The van der Waals surface area contributed by atoms with E-state index in [0.717, 1.165) is 40.7 Å². The predicted molar refractivity (Wildman–Crippen MR) is 145 cm³/mol. The Kier molecular flexibility index (Phi) is 7.20. The zero-order valence-corrected chi connectivity index (χ0v) is 22.1. The number of nitrogens with zero attached hydrogens (tertiary/aromatic N) is 1. The van der Waals surface area contributed by atoms with Crippen molar-refractivity contribution in [1.82, 2.24) is 5.16 Å². The lowest BCUT2D eigenvalue weighted by Crippen LogP contribution is -2.17. The summed E-state index contributed by atoms with van der Waals surface area (Å²) in [6.45, 7) is 3.53. The first-order chi connectivity index (χ1) is 18.3. The van der Waals surface area contributed by atoms with Gasteiger partial charge in [-0.05, 0) is 66.6 Å². The van der Waals surface area contributed by atoms with Gasteiger partial charge in [0.25, 0.3) is 0 Å². The third-order valence-corrected chi connectivity index (χ3v) is 7.13. The number of esters is 1. The fourth-order valence-electron chi connectivity index (χ4n) is 4.81. The first kappa shape index (κ1) is 25.5. The topological polar surface area (TPSA) is 90.7 Å². The second-order valence-electron chi connectivity index (χ2n) is 9.28. The van der Waals surface area contributed by atoms with Crippen LogP contribution in [0.4, 0.5) is 10.5 Å². The molecule has 194 valence electrons. The van der Waals surface area contributed by atoms with E-state index in [4.69, 9.17) is 25.6 Å². The highest BCUT2D eigenvalue weighted by Gasteiger charge is 2.23. The minimum Gasteiger partial charge on any atom is -0.469 e. The van der Waals surface area contributed by atoms with E-state index in [1.807, 2.05) is 30.3 Å². The third kappa shape index (κ3) is 5.15. The van der Waals surface area contributed by atoms with Crippen LogP contribution in [0.15, 0.2) is 65.2 Å². The van der Waals surface area contributed by atoms with E-state index < -0.39 is 12.2 Å². The molecule has 1 aliphatic carbocycles. The lowest BCUT2D eigenvalue weighted by molar-refractivity contribution is -0.139. The Labute approximate surface area is 225 Å². The quantitative estimate of drug-likeness (QED) is 0.267. The van der Waals surface area contributed by atoms with Crippen LogP contribution >= 0.6 is 11.6 Å². The number of carbonyl (C=O) groups excluding carboxylic acids is 2. The molecule has 0 saturated carbocycles. The number of carbonyl (C=O) groups is 2. The van der Waals surface area contributed by atoms with Crippen LogP contribution in [0.3, 0.4) is 0 Å². The number of benzene rings is 3. The van der Waals surface area contributed by atoms with Crippen LogP contribution in [0.25, 0.3) is 22.5 Å². The van der Waals surface area contributed by atoms with Gasteiger partial charge in [-0.3, -0.25) is 10.1 Å². The molecule has 1 unspecified atom stereocenters. The average molecular weight is 531 g/mol. The van der Waals surface area contributed by atoms with Crippen molar-refractivity contribution < 1.29 is 23.6 Å². The molecule has 1 heterocycles. The number of amides is 1. The van der Waals surface area contributed by atoms with Crippen LogP contribution in [0.5, 0.6) is 0 Å². The molecular weight excluding hydrogens is 504 g/mol. The molecule has 7 nitrogen and oxygen atoms in total. The van der Waals surface area contributed by atoms with Gasteiger partial charge in [0.2, 0.25) is 0 Å². The van der Waals surface area contributed by atoms with Crippen molar-refractivity contribution in [2.75, 3.05) is 12.4 Å². The van der Waals surface area contributed by atoms with E-state index >= 15 is 0 Å². The standard InChI is InChI=1S/C30H27ClN2O5/c1-17-28(32-30(35)37-18(2)23-6-4-5-7-26(23)31)29(38-33-17)22-11-13-25-21(16-22)10-9-20-14-19(8-12-24(20)25)15-27(34)36-3/h4-8,11-14,16,18H,9-10,15H2,1-3H3,(H,32,35). The number of rotatable bonds is 6. The molecule has 1 aromatic heterocycles. The second-order valence-corrected chi connectivity index (χ2v) is 9.69. The summed E-state index contributed by atoms with van der Waals surface area (Å²) < 4.78 is 16.0. The Bertz CT molecular complexity index is 1530. The zero-order chi connectivity index (χ0) is 26.8. The summed E-state index contributed by atoms with van der Waals surface area (Å²) in [7, 11) is 1.40. The number of hydrogen-bond donors (Lipinski definition) is 1. The molecule has 38 heavy (non-hydrogen) atoms. The van der Waals surface area contributed by atoms with Gasteiger partial charge >= 0.3 is 12.1 Å². The number of ether oxygens (including phenoxy) is 2. The summed E-state index contributed by atoms with van der Waals surface area (Å²) in [6, 6.07) is 19.4. The Balaban J connectivity index is 1.36. The number of methoxy groups -OCH3 is 1. The Morgan fingerprint density at radius 3 is 2.50 bits per heavy atom. The lowest BCUT2D eigenvalue weighted by Gasteiger charge is -2.21. The minimum absolute atomic E-state index is 0.250. The number of aryl methyl sites for hydroxylation is 3. The van der Waals surface area contributed by atoms with Gasteiger partial charge in [0.05, 0.1) is 13.5 Å². The SMILES string of the molecule is COC(=O)Cc1ccc2c(c1)CCc1cc(-c3onc(C)c3NC(=O)OC(C)c3ccccc3Cl)ccc1-2. The Morgan fingerprint density at radius 1 is 1.05 bits per heavy atom. The number of nitrogens with one attached hydrogen (secondary N) is 1. The van der Waals surface area contributed by atoms with Gasteiger partial charge in [-0.25, -0.2) is 4.79 Å². The highest BCUT2D eigenvalue weighted by molar-refractivity contribution is 6.31. The van der Waals surface area contributed by atoms with Crippen molar-refractivity contribution >= 4 is 29.4 Å². The van der Waals surface area contributed by atoms with E-state index in [1.54, 1.807) is 19.9 Å². The first-order valence-corrected chi connectivity index (χ1v) is 12.7. The van der Waals surface area contributed by atoms with Gasteiger partial charge in [-0.2, -0.15) is 0 Å². The minimum atomic E-state index is -0.625. The monoisotopic (exact) mass is 530 g/mol. The van der Waals surface area contributed by atoms with Gasteiger partial charge in [-0.1, -0.05) is 65.3 Å². The van der Waals surface area contributed by atoms with Crippen LogP contribution < -0.4 is 5.32 Å². The summed E-state index contributed by atoms with van der Waals surface area (Å²) in [6.07, 6.45) is 0.790. The molecule has 0 aliphatic heterocycles. The van der Waals surface area contributed by atoms with Crippen molar-refractivity contribution in [1.29, 1.82) is 0 Å². The predicted octanol–water partition coefficient (Wildman–Crippen LogP) is 7.09. The molecule has 5 rings (SSSR count). The van der Waals surface area contributed by atoms with Gasteiger partial charge < -0.3 is 14.0 Å². The summed E-state index contributed by atoms with van der Waals surface area (Å²) in [5.74, 6) is 0.214. The first-order valence-electron chi connectivity index (χ1n) is 12.3. The molecule has 0 bridgehead atoms. The average Bonchev–Trinajstić information content (AvgIpc) is 3.27. The van der Waals surface area contributed by atoms with Gasteiger partial charge in [0.15, 0.2) is 5.76 Å². The molecule has 0 radical (unpaired) electrons. The van der Waals surface area contributed by atoms with Crippen LogP contribution in [0.2, 0.25) is 5.02 Å². The fourth-order valence-corrected chi connectivity index (χ4v) is 5.10. The lowest BCUT2D eigenvalue weighted by atomic mass is 9.83. The van der Waals surface area contributed by atoms with Crippen LogP contribution in [-0.4, -0.2) is 24.3 Å². The van der Waals surface area contributed by atoms with Crippen molar-refractivity contribution in [2.24, 2.45) is 0 Å². The van der Waals surface area contributed by atoms with E-state index in [0.29, 0.717) is 22.2 Å². The maximum Gasteiger partial charge on any atom is 0.412 e. The molecule has 0 saturated heterocycles. The maximum absolute atomic E-state index is 12.8. The van der Waals surface area contributed by atoms with Crippen molar-refractivity contribution in [3.63, 3.8) is 0 Å². The molecule has 1 amide bonds. The van der Waals surface area contributed by atoms with E-state index in [1.165, 1.54) is 18.2 Å². The van der Waals surface area contributed by atoms with Gasteiger partial charge in [0.1, 0.15) is 17.5 Å². The van der Waals surface area contributed by atoms with Gasteiger partial charge in [0, 0.05) is 16.1 Å². The molecule has 1 N–H and O–H groups in total. The van der Waals surface area contributed by atoms with Crippen molar-refractivity contribution in [3.8, 4) is 22.5 Å². The van der Waals surface area contributed by atoms with Crippen LogP contribution in [0.1, 0.15) is 41.0 Å². The third-order valence-electron chi connectivity index (χ3n) is 6.78. The second kappa shape index (κ2) is 10.7. The molecule has 4 aromatic rings. The number of halogens is 1. The van der Waals surface area contributed by atoms with Crippen molar-refractivity contribution in [3.05, 3.63) is 93.6 Å². The molecule has 3 aromatic carbocycles. The number of anilines is 1. The van der Waals surface area contributed by atoms with E-state index in [2.05, 4.69) is 34.7 Å². The summed E-state index contributed by atoms with van der Waals surface area (Å²) in [4.78, 5) is 24.4. The highest BCUT2D eigenvalue weighted by atomic mass is 35.5. The molecule has 1 atom stereocenters. The molecule has 0 fully saturated rings. The Hall–Kier alpha value is -4.10. The number of fused-ring (bicyclic) bond motifs is 3. The Morgan fingerprint density at radius 2 is 1.76 bits per heavy atom. The van der Waals surface area contributed by atoms with Crippen LogP contribution in [0, 0.1) is 6.92 Å². The zero-order valence-electron chi connectivity index (χ0n) is 21.3. The van der Waals surface area contributed by atoms with E-state index in [9.17, 15) is 9.59 Å². The number of aromatic nitrogens is 1. The summed E-state index contributed by atoms with van der Waals surface area (Å²) in [5.41, 5.74) is 8.15. The number of hydrogen-bond acceptors (Lipinski definition) is 6. The van der Waals surface area contributed by atoms with E-state index in [-0.39, 0.29) is 12.4 Å². The largest absolute Gasteiger partial charge is 0.469 e. The van der Waals surface area contributed by atoms with Crippen molar-refractivity contribution in [2.45, 2.75) is 39.2 Å². The maximum atomic E-state index is 12.8. The van der Waals surface area contributed by atoms with Crippen LogP contribution in [-0.2, 0) is 33.5 Å². The molecule has 0 spiro atoms. The summed E-state index contributed by atoms with van der Waals surface area (Å²) >= 11 is 6.24. The highest BCUT2D eigenvalue weighted by Crippen LogP contribution is 2.39. The molecule has 8 heteroatoms. The van der Waals surface area contributed by atoms with Gasteiger partial charge in [-0.15, -0.1) is 0 Å². The molecular formula is C30H27ClN2O5. The smallest absolute Gasteiger partial charge is 0.412 e.